The van der Waals surface area contributed by atoms with Crippen LogP contribution in [-0.2, 0) is 12.7 Å². The molecule has 1 unspecified atom stereocenters. The van der Waals surface area contributed by atoms with Gasteiger partial charge in [0, 0.05) is 25.4 Å². The Hall–Kier alpha value is -0.910. The number of nitrogens with zero attached hydrogens (tertiary/aromatic N) is 2. The van der Waals surface area contributed by atoms with Crippen LogP contribution in [0.2, 0.25) is 0 Å². The molecular weight excluding hydrogens is 144 g/mol. The van der Waals surface area contributed by atoms with Gasteiger partial charge in [-0.3, -0.25) is 10.00 Å². The molecule has 1 aromatic rings. The molecule has 3 N–H and O–H groups in total. The van der Waals surface area contributed by atoms with Crippen molar-refractivity contribution in [2.75, 3.05) is 6.54 Å². The molecule has 1 aromatic heterocycles. The van der Waals surface area contributed by atoms with Crippen LogP contribution in [0.25, 0.3) is 0 Å². The summed E-state index contributed by atoms with van der Waals surface area (Å²) in [6.07, 6.45) is 3.59. The Bertz CT molecular complexity index is 265. The van der Waals surface area contributed by atoms with E-state index in [0.717, 1.165) is 12.1 Å². The van der Waals surface area contributed by atoms with E-state index in [1.54, 1.807) is 10.9 Å². The molecule has 0 saturated carbocycles. The first-order valence-corrected chi connectivity index (χ1v) is 3.42. The third-order valence-electron chi connectivity index (χ3n) is 1.92. The smallest absolute Gasteiger partial charge is 0.133 e. The summed E-state index contributed by atoms with van der Waals surface area (Å²) in [5.74, 6) is 0. The molecule has 5 nitrogen and oxygen atoms in total. The molecule has 0 aliphatic carbocycles. The fourth-order valence-corrected chi connectivity index (χ4v) is 1.08. The Kier molecular flexibility index (Phi) is 1.26. The van der Waals surface area contributed by atoms with Crippen molar-refractivity contribution in [3.63, 3.8) is 0 Å². The van der Waals surface area contributed by atoms with Gasteiger partial charge in [-0.05, 0) is 0 Å². The van der Waals surface area contributed by atoms with Gasteiger partial charge in [0.05, 0.1) is 6.20 Å². The van der Waals surface area contributed by atoms with Crippen LogP contribution in [0.1, 0.15) is 5.56 Å². The highest BCUT2D eigenvalue weighted by Gasteiger charge is 2.44. The van der Waals surface area contributed by atoms with Crippen LogP contribution in [0.3, 0.4) is 0 Å². The molecule has 0 aromatic carbocycles. The van der Waals surface area contributed by atoms with Gasteiger partial charge in [-0.15, -0.1) is 0 Å². The van der Waals surface area contributed by atoms with E-state index >= 15 is 0 Å². The quantitative estimate of drug-likeness (QED) is 0.383. The lowest BCUT2D eigenvalue weighted by atomic mass is 10.2. The van der Waals surface area contributed by atoms with Gasteiger partial charge in [-0.25, -0.2) is 0 Å². The average molecular weight is 154 g/mol. The minimum Gasteiger partial charge on any atom is -0.315 e. The fourth-order valence-electron chi connectivity index (χ4n) is 1.08. The molecular formula is C6H10N4O. The summed E-state index contributed by atoms with van der Waals surface area (Å²) in [7, 11) is 1.84. The SMILES string of the molecule is Cn1cc(C2(NO)CN2)cn1. The Balaban J connectivity index is 2.29. The minimum atomic E-state index is -0.422. The van der Waals surface area contributed by atoms with Gasteiger partial charge >= 0.3 is 0 Å². The Morgan fingerprint density at radius 2 is 2.64 bits per heavy atom. The second-order valence-corrected chi connectivity index (χ2v) is 2.77. The first-order chi connectivity index (χ1) is 5.27. The zero-order valence-corrected chi connectivity index (χ0v) is 6.20. The molecule has 0 spiro atoms. The molecule has 11 heavy (non-hydrogen) atoms. The van der Waals surface area contributed by atoms with Crippen LogP contribution >= 0.6 is 0 Å². The second-order valence-electron chi connectivity index (χ2n) is 2.77. The molecule has 5 heteroatoms. The first kappa shape index (κ1) is 6.78. The summed E-state index contributed by atoms with van der Waals surface area (Å²) in [5.41, 5.74) is 2.76. The van der Waals surface area contributed by atoms with Gasteiger partial charge < -0.3 is 5.21 Å². The maximum atomic E-state index is 8.77. The van der Waals surface area contributed by atoms with Crippen LogP contribution in [0.5, 0.6) is 0 Å². The van der Waals surface area contributed by atoms with Crippen molar-refractivity contribution in [3.8, 4) is 0 Å². The van der Waals surface area contributed by atoms with Crippen LogP contribution < -0.4 is 10.8 Å². The molecule has 2 heterocycles. The topological polar surface area (TPSA) is 72.0 Å². The van der Waals surface area contributed by atoms with E-state index in [9.17, 15) is 0 Å². The summed E-state index contributed by atoms with van der Waals surface area (Å²) < 4.78 is 1.70. The monoisotopic (exact) mass is 154 g/mol. The molecule has 1 atom stereocenters. The molecule has 0 bridgehead atoms. The largest absolute Gasteiger partial charge is 0.315 e. The van der Waals surface area contributed by atoms with E-state index in [-0.39, 0.29) is 0 Å². The van der Waals surface area contributed by atoms with Gasteiger partial charge in [0.1, 0.15) is 5.66 Å². The predicted molar refractivity (Wildman–Crippen MR) is 37.8 cm³/mol. The molecule has 0 amide bonds. The summed E-state index contributed by atoms with van der Waals surface area (Å²) in [4.78, 5) is 0. The molecule has 0 radical (unpaired) electrons. The minimum absolute atomic E-state index is 0.422. The number of aryl methyl sites for hydroxylation is 1. The van der Waals surface area contributed by atoms with E-state index in [2.05, 4.69) is 15.9 Å². The Morgan fingerprint density at radius 1 is 1.91 bits per heavy atom. The van der Waals surface area contributed by atoms with Gasteiger partial charge in [0.25, 0.3) is 0 Å². The number of nitrogens with one attached hydrogen (secondary N) is 2. The van der Waals surface area contributed by atoms with Gasteiger partial charge in [-0.1, -0.05) is 0 Å². The van der Waals surface area contributed by atoms with Crippen molar-refractivity contribution in [2.45, 2.75) is 5.66 Å². The number of hydroxylamine groups is 1. The zero-order chi connectivity index (χ0) is 7.90. The third-order valence-corrected chi connectivity index (χ3v) is 1.92. The molecule has 60 valence electrons. The molecule has 2 rings (SSSR count). The van der Waals surface area contributed by atoms with Gasteiger partial charge in [0.15, 0.2) is 0 Å². The van der Waals surface area contributed by atoms with Gasteiger partial charge in [0.2, 0.25) is 0 Å². The number of aromatic nitrogens is 2. The molecule has 1 aliphatic heterocycles. The van der Waals surface area contributed by atoms with Crippen LogP contribution in [0.15, 0.2) is 12.4 Å². The standard InChI is InChI=1S/C6H10N4O/c1-10-3-5(2-8-10)6(9-11)4-7-6/h2-3,7,9,11H,4H2,1H3. The summed E-state index contributed by atoms with van der Waals surface area (Å²) in [5, 5.41) is 15.8. The van der Waals surface area contributed by atoms with E-state index < -0.39 is 5.66 Å². The molecule has 1 aliphatic rings. The summed E-state index contributed by atoms with van der Waals surface area (Å²) in [6.45, 7) is 0.745. The van der Waals surface area contributed by atoms with E-state index in [1.807, 2.05) is 13.2 Å². The summed E-state index contributed by atoms with van der Waals surface area (Å²) in [6, 6.07) is 0. The third kappa shape index (κ3) is 0.936. The first-order valence-electron chi connectivity index (χ1n) is 3.42. The highest BCUT2D eigenvalue weighted by Crippen LogP contribution is 2.25. The predicted octanol–water partition coefficient (Wildman–Crippen LogP) is -0.845. The van der Waals surface area contributed by atoms with E-state index in [4.69, 9.17) is 5.21 Å². The maximum absolute atomic E-state index is 8.77. The molecule has 1 fully saturated rings. The number of rotatable bonds is 2. The normalized spacial score (nSPS) is 28.9. The van der Waals surface area contributed by atoms with E-state index in [0.29, 0.717) is 0 Å². The summed E-state index contributed by atoms with van der Waals surface area (Å²) >= 11 is 0. The maximum Gasteiger partial charge on any atom is 0.133 e. The van der Waals surface area contributed by atoms with E-state index in [1.165, 1.54) is 0 Å². The Morgan fingerprint density at radius 3 is 3.00 bits per heavy atom. The average Bonchev–Trinajstić information content (AvgIpc) is 2.70. The lowest BCUT2D eigenvalue weighted by Gasteiger charge is -2.06. The van der Waals surface area contributed by atoms with Crippen LogP contribution in [-0.4, -0.2) is 21.5 Å². The van der Waals surface area contributed by atoms with Crippen molar-refractivity contribution in [1.82, 2.24) is 20.6 Å². The highest BCUT2D eigenvalue weighted by atomic mass is 16.5. The number of hydrogen-bond donors (Lipinski definition) is 3. The van der Waals surface area contributed by atoms with Crippen molar-refractivity contribution < 1.29 is 5.21 Å². The van der Waals surface area contributed by atoms with Crippen molar-refractivity contribution in [1.29, 1.82) is 0 Å². The fraction of sp³-hybridized carbons (Fsp3) is 0.500. The van der Waals surface area contributed by atoms with Crippen molar-refractivity contribution in [3.05, 3.63) is 18.0 Å². The Labute approximate surface area is 64.0 Å². The van der Waals surface area contributed by atoms with Gasteiger partial charge in [-0.2, -0.15) is 10.6 Å². The molecule has 1 saturated heterocycles. The van der Waals surface area contributed by atoms with Crippen molar-refractivity contribution in [2.24, 2.45) is 7.05 Å². The van der Waals surface area contributed by atoms with Crippen LogP contribution in [0, 0.1) is 0 Å². The zero-order valence-electron chi connectivity index (χ0n) is 6.20. The van der Waals surface area contributed by atoms with Crippen molar-refractivity contribution >= 4 is 0 Å². The highest BCUT2D eigenvalue weighted by molar-refractivity contribution is 5.24. The lowest BCUT2D eigenvalue weighted by molar-refractivity contribution is 0.112. The van der Waals surface area contributed by atoms with Crippen LogP contribution in [0.4, 0.5) is 0 Å². The lowest BCUT2D eigenvalue weighted by Crippen LogP contribution is -2.29. The second kappa shape index (κ2) is 2.04. The number of hydrogen-bond acceptors (Lipinski definition) is 4.